The number of rotatable bonds is 11. The normalized spacial score (nSPS) is 12.9. The van der Waals surface area contributed by atoms with Crippen molar-refractivity contribution >= 4 is 27.4 Å². The molecular formula is C25H24ClFNNaO6S. The number of carbonyl (C=O) groups is 1. The van der Waals surface area contributed by atoms with E-state index in [-0.39, 0.29) is 51.1 Å². The van der Waals surface area contributed by atoms with Crippen molar-refractivity contribution in [2.45, 2.75) is 35.3 Å². The van der Waals surface area contributed by atoms with Gasteiger partial charge in [-0.2, -0.15) is 0 Å². The standard InChI is InChI=1S/C25H25ClFNO6S.Na/c1-16(28-14-23(29)18-3-2-4-19(26)12-18)11-17-5-7-20(8-6-17)35(32,33)21-9-10-24(22(27)13-21)34-15-25(30)31;/h2-10,12-13,16,23,28-29H,11,14-15H2,1H3,(H,30,31);/q;+1/p-1/t16-,23+;/m1./s1. The number of carbonyl (C=O) groups excluding carboxylic acids is 1. The first-order valence-corrected chi connectivity index (χ1v) is 12.6. The summed E-state index contributed by atoms with van der Waals surface area (Å²) in [4.78, 5) is 10.2. The third kappa shape index (κ3) is 8.27. The fraction of sp³-hybridized carbons (Fsp3) is 0.240. The minimum atomic E-state index is -3.99. The minimum absolute atomic E-state index is 0. The first-order chi connectivity index (χ1) is 16.6. The van der Waals surface area contributed by atoms with Gasteiger partial charge in [0.25, 0.3) is 0 Å². The predicted molar refractivity (Wildman–Crippen MR) is 126 cm³/mol. The molecule has 0 aliphatic heterocycles. The summed E-state index contributed by atoms with van der Waals surface area (Å²) in [7, 11) is -3.99. The number of nitrogens with one attached hydrogen (secondary N) is 1. The molecule has 0 heterocycles. The fourth-order valence-electron chi connectivity index (χ4n) is 3.41. The van der Waals surface area contributed by atoms with Crippen LogP contribution in [0, 0.1) is 5.82 Å². The molecule has 2 N–H and O–H groups in total. The Hall–Kier alpha value is -1.98. The maximum atomic E-state index is 14.2. The van der Waals surface area contributed by atoms with Gasteiger partial charge in [0, 0.05) is 17.6 Å². The van der Waals surface area contributed by atoms with E-state index in [4.69, 9.17) is 16.3 Å². The molecule has 3 rings (SSSR count). The van der Waals surface area contributed by atoms with Gasteiger partial charge >= 0.3 is 29.6 Å². The summed E-state index contributed by atoms with van der Waals surface area (Å²) in [5, 5.41) is 24.6. The van der Waals surface area contributed by atoms with Gasteiger partial charge in [-0.15, -0.1) is 0 Å². The van der Waals surface area contributed by atoms with Crippen LogP contribution in [0.4, 0.5) is 4.39 Å². The van der Waals surface area contributed by atoms with E-state index in [0.717, 1.165) is 23.8 Å². The average molecular weight is 544 g/mol. The Morgan fingerprint density at radius 1 is 1.11 bits per heavy atom. The van der Waals surface area contributed by atoms with Gasteiger partial charge in [-0.25, -0.2) is 12.8 Å². The number of hydrogen-bond donors (Lipinski definition) is 2. The Balaban J connectivity index is 0.00000456. The third-order valence-electron chi connectivity index (χ3n) is 5.23. The van der Waals surface area contributed by atoms with Crippen LogP contribution in [-0.4, -0.2) is 38.7 Å². The monoisotopic (exact) mass is 543 g/mol. The van der Waals surface area contributed by atoms with E-state index < -0.39 is 34.3 Å². The molecule has 11 heteroatoms. The van der Waals surface area contributed by atoms with Crippen LogP contribution in [-0.2, 0) is 21.1 Å². The zero-order valence-corrected chi connectivity index (χ0v) is 23.4. The Morgan fingerprint density at radius 3 is 2.39 bits per heavy atom. The number of aliphatic carboxylic acids is 1. The smallest absolute Gasteiger partial charge is 0.546 e. The van der Waals surface area contributed by atoms with Gasteiger partial charge in [0.05, 0.1) is 21.9 Å². The molecule has 0 fully saturated rings. The van der Waals surface area contributed by atoms with Crippen molar-refractivity contribution in [3.63, 3.8) is 0 Å². The molecule has 0 spiro atoms. The van der Waals surface area contributed by atoms with Crippen molar-refractivity contribution in [3.05, 3.63) is 88.7 Å². The summed E-state index contributed by atoms with van der Waals surface area (Å²) in [6.45, 7) is 1.42. The molecule has 0 saturated heterocycles. The molecule has 7 nitrogen and oxygen atoms in total. The molecule has 3 aromatic carbocycles. The summed E-state index contributed by atoms with van der Waals surface area (Å²) in [5.41, 5.74) is 1.58. The van der Waals surface area contributed by atoms with E-state index in [9.17, 15) is 27.8 Å². The molecule has 186 valence electrons. The van der Waals surface area contributed by atoms with E-state index in [1.54, 1.807) is 36.4 Å². The molecule has 0 aliphatic carbocycles. The van der Waals surface area contributed by atoms with E-state index in [0.29, 0.717) is 23.6 Å². The zero-order valence-electron chi connectivity index (χ0n) is 19.8. The summed E-state index contributed by atoms with van der Waals surface area (Å²) in [5.74, 6) is -2.91. The van der Waals surface area contributed by atoms with Crippen LogP contribution in [0.25, 0.3) is 0 Å². The maximum Gasteiger partial charge on any atom is 1.00 e. The second-order valence-electron chi connectivity index (χ2n) is 7.98. The van der Waals surface area contributed by atoms with Crippen molar-refractivity contribution in [1.29, 1.82) is 0 Å². The van der Waals surface area contributed by atoms with Gasteiger partial charge in [0.1, 0.15) is 6.61 Å². The van der Waals surface area contributed by atoms with Gasteiger partial charge in [0.15, 0.2) is 11.6 Å². The first kappa shape index (κ1) is 30.2. The predicted octanol–water partition coefficient (Wildman–Crippen LogP) is -0.301. The molecule has 2 atom stereocenters. The van der Waals surface area contributed by atoms with E-state index in [1.807, 2.05) is 6.92 Å². The van der Waals surface area contributed by atoms with Crippen LogP contribution in [0.5, 0.6) is 5.75 Å². The van der Waals surface area contributed by atoms with Crippen molar-refractivity contribution in [2.75, 3.05) is 13.2 Å². The number of hydrogen-bond acceptors (Lipinski definition) is 7. The number of sulfone groups is 1. The average Bonchev–Trinajstić information content (AvgIpc) is 2.82. The van der Waals surface area contributed by atoms with Crippen LogP contribution in [0.15, 0.2) is 76.5 Å². The minimum Gasteiger partial charge on any atom is -0.546 e. The zero-order chi connectivity index (χ0) is 25.6. The van der Waals surface area contributed by atoms with Gasteiger partial charge in [-0.3, -0.25) is 0 Å². The summed E-state index contributed by atoms with van der Waals surface area (Å²) in [6.07, 6.45) is -0.136. The van der Waals surface area contributed by atoms with Crippen molar-refractivity contribution in [2.24, 2.45) is 0 Å². The third-order valence-corrected chi connectivity index (χ3v) is 7.23. The van der Waals surface area contributed by atoms with Crippen LogP contribution in [0.3, 0.4) is 0 Å². The number of aliphatic hydroxyl groups is 1. The summed E-state index contributed by atoms with van der Waals surface area (Å²) in [6, 6.07) is 16.2. The number of benzene rings is 3. The molecule has 0 radical (unpaired) electrons. The summed E-state index contributed by atoms with van der Waals surface area (Å²) >= 11 is 5.96. The van der Waals surface area contributed by atoms with E-state index in [2.05, 4.69) is 5.32 Å². The molecule has 0 aliphatic rings. The maximum absolute atomic E-state index is 14.2. The van der Waals surface area contributed by atoms with Crippen LogP contribution in [0.1, 0.15) is 24.2 Å². The van der Waals surface area contributed by atoms with Gasteiger partial charge < -0.3 is 25.1 Å². The molecular weight excluding hydrogens is 520 g/mol. The first-order valence-electron chi connectivity index (χ1n) is 10.7. The molecule has 3 aromatic rings. The Labute approximate surface area is 236 Å². The Morgan fingerprint density at radius 2 is 1.78 bits per heavy atom. The fourth-order valence-corrected chi connectivity index (χ4v) is 4.88. The Bertz CT molecular complexity index is 1290. The van der Waals surface area contributed by atoms with Crippen molar-refractivity contribution in [1.82, 2.24) is 5.32 Å². The molecule has 0 bridgehead atoms. The van der Waals surface area contributed by atoms with Gasteiger partial charge in [-0.1, -0.05) is 35.9 Å². The topological polar surface area (TPSA) is 116 Å². The second kappa shape index (κ2) is 13.5. The second-order valence-corrected chi connectivity index (χ2v) is 10.4. The Kier molecular flexibility index (Phi) is 11.4. The van der Waals surface area contributed by atoms with E-state index >= 15 is 0 Å². The number of carboxylic acids is 1. The summed E-state index contributed by atoms with van der Waals surface area (Å²) < 4.78 is 44.7. The quantitative estimate of drug-likeness (QED) is 0.319. The van der Waals surface area contributed by atoms with Gasteiger partial charge in [0.2, 0.25) is 9.84 Å². The molecule has 0 saturated carbocycles. The van der Waals surface area contributed by atoms with Crippen LogP contribution < -0.4 is 44.7 Å². The molecule has 0 unspecified atom stereocenters. The molecule has 0 aromatic heterocycles. The number of aliphatic hydroxyl groups excluding tert-OH is 1. The van der Waals surface area contributed by atoms with Crippen LogP contribution >= 0.6 is 11.6 Å². The van der Waals surface area contributed by atoms with Crippen molar-refractivity contribution < 1.29 is 62.1 Å². The largest absolute Gasteiger partial charge is 1.00 e. The van der Waals surface area contributed by atoms with Crippen LogP contribution in [0.2, 0.25) is 5.02 Å². The number of halogens is 2. The molecule has 36 heavy (non-hydrogen) atoms. The SMILES string of the molecule is C[C@H](Cc1ccc(S(=O)(=O)c2ccc(OCC(=O)[O-])c(F)c2)cc1)NC[C@H](O)c1cccc(Cl)c1.[Na+]. The van der Waals surface area contributed by atoms with Crippen molar-refractivity contribution in [3.8, 4) is 5.75 Å². The molecule has 0 amide bonds. The van der Waals surface area contributed by atoms with Gasteiger partial charge in [-0.05, 0) is 66.9 Å². The number of ether oxygens (including phenoxy) is 1. The number of carboxylic acid groups (broad SMARTS) is 1. The van der Waals surface area contributed by atoms with E-state index in [1.165, 1.54) is 12.1 Å².